The van der Waals surface area contributed by atoms with E-state index in [1.54, 1.807) is 0 Å². The normalized spacial score (nSPS) is 24.5. The molecule has 0 amide bonds. The highest BCUT2D eigenvalue weighted by Gasteiger charge is 2.25. The van der Waals surface area contributed by atoms with Crippen molar-refractivity contribution >= 4 is 5.95 Å². The van der Waals surface area contributed by atoms with Crippen molar-refractivity contribution in [1.29, 1.82) is 0 Å². The minimum atomic E-state index is 0.731. The van der Waals surface area contributed by atoms with Crippen molar-refractivity contribution in [2.75, 3.05) is 31.6 Å². The van der Waals surface area contributed by atoms with Crippen LogP contribution in [0.15, 0.2) is 0 Å². The van der Waals surface area contributed by atoms with Gasteiger partial charge in [-0.25, -0.2) is 0 Å². The molecule has 2 aliphatic rings. The summed E-state index contributed by atoms with van der Waals surface area (Å²) in [5.41, 5.74) is 0. The number of rotatable bonds is 5. The molecule has 1 unspecified atom stereocenters. The first kappa shape index (κ1) is 12.0. The monoisotopic (exact) mass is 249 g/mol. The molecule has 1 aliphatic carbocycles. The maximum absolute atomic E-state index is 4.65. The summed E-state index contributed by atoms with van der Waals surface area (Å²) in [6, 6.07) is 0. The predicted molar refractivity (Wildman–Crippen MR) is 71.7 cm³/mol. The van der Waals surface area contributed by atoms with Gasteiger partial charge in [0.2, 0.25) is 5.95 Å². The Labute approximate surface area is 108 Å². The third kappa shape index (κ3) is 2.83. The third-order valence-corrected chi connectivity index (χ3v) is 3.99. The first-order chi connectivity index (χ1) is 8.85. The Kier molecular flexibility index (Phi) is 3.50. The Morgan fingerprint density at radius 3 is 3.00 bits per heavy atom. The number of hydrogen-bond acceptors (Lipinski definition) is 4. The van der Waals surface area contributed by atoms with E-state index in [1.165, 1.54) is 25.7 Å². The second kappa shape index (κ2) is 5.26. The molecule has 2 N–H and O–H groups in total. The van der Waals surface area contributed by atoms with Crippen LogP contribution in [0.3, 0.4) is 0 Å². The zero-order chi connectivity index (χ0) is 12.4. The van der Waals surface area contributed by atoms with Gasteiger partial charge in [0.25, 0.3) is 0 Å². The van der Waals surface area contributed by atoms with Crippen molar-refractivity contribution in [2.24, 2.45) is 11.8 Å². The summed E-state index contributed by atoms with van der Waals surface area (Å²) in [5.74, 6) is 3.58. The maximum atomic E-state index is 4.65. The molecule has 3 rings (SSSR count). The molecule has 18 heavy (non-hydrogen) atoms. The number of nitrogens with zero attached hydrogens (tertiary/aromatic N) is 3. The quantitative estimate of drug-likeness (QED) is 0.823. The van der Waals surface area contributed by atoms with Crippen LogP contribution in [0.5, 0.6) is 0 Å². The van der Waals surface area contributed by atoms with Crippen molar-refractivity contribution in [2.45, 2.75) is 32.1 Å². The van der Waals surface area contributed by atoms with Crippen LogP contribution >= 0.6 is 0 Å². The number of anilines is 1. The molecule has 0 spiro atoms. The van der Waals surface area contributed by atoms with Gasteiger partial charge in [-0.2, -0.15) is 4.98 Å². The molecule has 1 saturated heterocycles. The molecule has 0 bridgehead atoms. The summed E-state index contributed by atoms with van der Waals surface area (Å²) in [6.07, 6.45) is 6.38. The lowest BCUT2D eigenvalue weighted by Gasteiger charge is -2.31. The minimum absolute atomic E-state index is 0.731. The van der Waals surface area contributed by atoms with E-state index in [0.717, 1.165) is 49.7 Å². The Morgan fingerprint density at radius 1 is 1.33 bits per heavy atom. The SMILES string of the molecule is CNCC1CCCN(c2n[nH]c(CC3CC3)n2)C1. The van der Waals surface area contributed by atoms with Gasteiger partial charge in [0, 0.05) is 19.5 Å². The number of piperidine rings is 1. The predicted octanol–water partition coefficient (Wildman–Crippen LogP) is 1.19. The lowest BCUT2D eigenvalue weighted by Crippen LogP contribution is -2.39. The van der Waals surface area contributed by atoms with Gasteiger partial charge in [0.1, 0.15) is 5.82 Å². The van der Waals surface area contributed by atoms with Crippen LogP contribution in [-0.4, -0.2) is 41.9 Å². The molecule has 5 nitrogen and oxygen atoms in total. The van der Waals surface area contributed by atoms with Crippen molar-refractivity contribution < 1.29 is 0 Å². The van der Waals surface area contributed by atoms with E-state index in [9.17, 15) is 0 Å². The van der Waals surface area contributed by atoms with Crippen LogP contribution in [0, 0.1) is 11.8 Å². The number of nitrogens with one attached hydrogen (secondary N) is 2. The minimum Gasteiger partial charge on any atom is -0.339 e. The van der Waals surface area contributed by atoms with E-state index in [0.29, 0.717) is 0 Å². The van der Waals surface area contributed by atoms with Crippen LogP contribution < -0.4 is 10.2 Å². The van der Waals surface area contributed by atoms with Crippen molar-refractivity contribution in [1.82, 2.24) is 20.5 Å². The van der Waals surface area contributed by atoms with E-state index < -0.39 is 0 Å². The maximum Gasteiger partial charge on any atom is 0.244 e. The smallest absolute Gasteiger partial charge is 0.244 e. The highest BCUT2D eigenvalue weighted by molar-refractivity contribution is 5.29. The van der Waals surface area contributed by atoms with E-state index >= 15 is 0 Å². The second-order valence-corrected chi connectivity index (χ2v) is 5.74. The van der Waals surface area contributed by atoms with Crippen LogP contribution in [0.1, 0.15) is 31.5 Å². The van der Waals surface area contributed by atoms with Gasteiger partial charge >= 0.3 is 0 Å². The number of aromatic nitrogens is 3. The Morgan fingerprint density at radius 2 is 2.22 bits per heavy atom. The Balaban J connectivity index is 1.60. The molecule has 1 atom stereocenters. The van der Waals surface area contributed by atoms with Gasteiger partial charge in [-0.15, -0.1) is 5.10 Å². The largest absolute Gasteiger partial charge is 0.339 e. The molecule has 100 valence electrons. The Hall–Kier alpha value is -1.10. The van der Waals surface area contributed by atoms with Crippen molar-refractivity contribution in [3.8, 4) is 0 Å². The van der Waals surface area contributed by atoms with Crippen LogP contribution in [-0.2, 0) is 6.42 Å². The van der Waals surface area contributed by atoms with Gasteiger partial charge in [-0.05, 0) is 51.1 Å². The van der Waals surface area contributed by atoms with Crippen molar-refractivity contribution in [3.05, 3.63) is 5.82 Å². The fourth-order valence-corrected chi connectivity index (χ4v) is 2.82. The van der Waals surface area contributed by atoms with E-state index in [2.05, 4.69) is 25.4 Å². The molecule has 5 heteroatoms. The fraction of sp³-hybridized carbons (Fsp3) is 0.846. The van der Waals surface area contributed by atoms with E-state index in [4.69, 9.17) is 0 Å². The van der Waals surface area contributed by atoms with E-state index in [-0.39, 0.29) is 0 Å². The molecule has 0 radical (unpaired) electrons. The molecule has 2 fully saturated rings. The molecular weight excluding hydrogens is 226 g/mol. The van der Waals surface area contributed by atoms with Crippen LogP contribution in [0.2, 0.25) is 0 Å². The molecule has 2 heterocycles. The number of H-pyrrole nitrogens is 1. The standard InChI is InChI=1S/C13H23N5/c1-14-8-11-3-2-6-18(9-11)13-15-12(16-17-13)7-10-4-5-10/h10-11,14H,2-9H2,1H3,(H,15,16,17). The third-order valence-electron chi connectivity index (χ3n) is 3.99. The summed E-state index contributed by atoms with van der Waals surface area (Å²) < 4.78 is 0. The van der Waals surface area contributed by atoms with Crippen molar-refractivity contribution in [3.63, 3.8) is 0 Å². The average molecular weight is 249 g/mol. The Bertz CT molecular complexity index is 382. The molecule has 0 aromatic carbocycles. The number of hydrogen-bond donors (Lipinski definition) is 2. The molecule has 1 aromatic heterocycles. The van der Waals surface area contributed by atoms with Gasteiger partial charge in [-0.3, -0.25) is 5.10 Å². The summed E-state index contributed by atoms with van der Waals surface area (Å²) in [6.45, 7) is 3.28. The lowest BCUT2D eigenvalue weighted by atomic mass is 9.98. The summed E-state index contributed by atoms with van der Waals surface area (Å²) in [4.78, 5) is 6.98. The molecule has 1 aliphatic heterocycles. The highest BCUT2D eigenvalue weighted by Crippen LogP contribution is 2.32. The zero-order valence-corrected chi connectivity index (χ0v) is 11.2. The van der Waals surface area contributed by atoms with Gasteiger partial charge in [0.15, 0.2) is 0 Å². The number of aromatic amines is 1. The first-order valence-corrected chi connectivity index (χ1v) is 7.16. The average Bonchev–Trinajstić information content (AvgIpc) is 3.06. The second-order valence-electron chi connectivity index (χ2n) is 5.74. The fourth-order valence-electron chi connectivity index (χ4n) is 2.82. The highest BCUT2D eigenvalue weighted by atomic mass is 15.4. The molecule has 1 saturated carbocycles. The summed E-state index contributed by atoms with van der Waals surface area (Å²) in [5, 5.41) is 10.8. The zero-order valence-electron chi connectivity index (χ0n) is 11.2. The molecular formula is C13H23N5. The van der Waals surface area contributed by atoms with Gasteiger partial charge in [0.05, 0.1) is 0 Å². The summed E-state index contributed by atoms with van der Waals surface area (Å²) in [7, 11) is 2.03. The van der Waals surface area contributed by atoms with Crippen LogP contribution in [0.4, 0.5) is 5.95 Å². The van der Waals surface area contributed by atoms with Gasteiger partial charge < -0.3 is 10.2 Å². The van der Waals surface area contributed by atoms with Crippen LogP contribution in [0.25, 0.3) is 0 Å². The lowest BCUT2D eigenvalue weighted by molar-refractivity contribution is 0.399. The topological polar surface area (TPSA) is 56.8 Å². The van der Waals surface area contributed by atoms with E-state index in [1.807, 2.05) is 7.05 Å². The summed E-state index contributed by atoms with van der Waals surface area (Å²) >= 11 is 0. The first-order valence-electron chi connectivity index (χ1n) is 7.16. The van der Waals surface area contributed by atoms with Gasteiger partial charge in [-0.1, -0.05) is 0 Å². The molecule has 1 aromatic rings.